The molecule has 3 N–H and O–H groups in total. The Morgan fingerprint density at radius 1 is 1.65 bits per heavy atom. The van der Waals surface area contributed by atoms with Crippen LogP contribution in [0.15, 0.2) is 24.3 Å². The second kappa shape index (κ2) is 7.00. The van der Waals surface area contributed by atoms with Crippen molar-refractivity contribution < 1.29 is 4.79 Å². The van der Waals surface area contributed by atoms with Crippen LogP contribution in [0.2, 0.25) is 0 Å². The molecule has 1 aromatic carbocycles. The summed E-state index contributed by atoms with van der Waals surface area (Å²) in [6.45, 7) is 0. The van der Waals surface area contributed by atoms with E-state index in [1.54, 1.807) is 30.0 Å². The molecule has 3 nitrogen and oxygen atoms in total. The first kappa shape index (κ1) is 13.6. The molecule has 1 atom stereocenters. The van der Waals surface area contributed by atoms with Gasteiger partial charge in [-0.3, -0.25) is 4.79 Å². The van der Waals surface area contributed by atoms with Gasteiger partial charge in [0.2, 0.25) is 5.91 Å². The summed E-state index contributed by atoms with van der Waals surface area (Å²) in [5.74, 6) is 3.22. The first-order valence-corrected chi connectivity index (χ1v) is 6.69. The number of hydrogen-bond donors (Lipinski definition) is 2. The lowest BCUT2D eigenvalue weighted by atomic mass is 10.2. The van der Waals surface area contributed by atoms with Gasteiger partial charge in [0.1, 0.15) is 0 Å². The number of nitrogens with one attached hydrogen (secondary N) is 1. The quantitative estimate of drug-likeness (QED) is 0.780. The second-order valence-corrected chi connectivity index (χ2v) is 4.59. The average molecular weight is 248 g/mol. The lowest BCUT2D eigenvalue weighted by molar-refractivity contribution is -0.117. The molecular weight excluding hydrogens is 232 g/mol. The smallest absolute Gasteiger partial charge is 0.241 e. The minimum absolute atomic E-state index is 0.173. The molecule has 0 saturated heterocycles. The highest BCUT2D eigenvalue weighted by atomic mass is 32.2. The van der Waals surface area contributed by atoms with Crippen molar-refractivity contribution in [2.75, 3.05) is 17.3 Å². The van der Waals surface area contributed by atoms with Crippen molar-refractivity contribution in [3.63, 3.8) is 0 Å². The highest BCUT2D eigenvalue weighted by Crippen LogP contribution is 2.10. The van der Waals surface area contributed by atoms with Gasteiger partial charge in [-0.2, -0.15) is 11.8 Å². The van der Waals surface area contributed by atoms with Gasteiger partial charge >= 0.3 is 0 Å². The third-order valence-corrected chi connectivity index (χ3v) is 2.91. The number of carbonyl (C=O) groups is 1. The normalized spacial score (nSPS) is 11.6. The van der Waals surface area contributed by atoms with E-state index in [2.05, 4.69) is 11.2 Å². The van der Waals surface area contributed by atoms with Crippen molar-refractivity contribution >= 4 is 23.4 Å². The van der Waals surface area contributed by atoms with Crippen LogP contribution in [0, 0.1) is 12.3 Å². The largest absolute Gasteiger partial charge is 0.325 e. The van der Waals surface area contributed by atoms with Crippen LogP contribution in [0.1, 0.15) is 12.0 Å². The minimum Gasteiger partial charge on any atom is -0.325 e. The molecule has 0 spiro atoms. The molecule has 0 aliphatic carbocycles. The number of amides is 1. The summed E-state index contributed by atoms with van der Waals surface area (Å²) in [6, 6.07) is 6.68. The number of nitrogens with two attached hydrogens (primary N) is 1. The first-order chi connectivity index (χ1) is 8.17. The van der Waals surface area contributed by atoms with Crippen molar-refractivity contribution in [3.8, 4) is 12.3 Å². The zero-order valence-corrected chi connectivity index (χ0v) is 10.6. The van der Waals surface area contributed by atoms with E-state index in [-0.39, 0.29) is 5.91 Å². The highest BCUT2D eigenvalue weighted by Gasteiger charge is 2.12. The summed E-state index contributed by atoms with van der Waals surface area (Å²) in [5, 5.41) is 2.76. The van der Waals surface area contributed by atoms with Crippen molar-refractivity contribution in [1.82, 2.24) is 0 Å². The number of benzene rings is 1. The Balaban J connectivity index is 2.58. The Hall–Kier alpha value is -1.44. The maximum Gasteiger partial charge on any atom is 0.241 e. The summed E-state index contributed by atoms with van der Waals surface area (Å²) < 4.78 is 0. The molecule has 1 rings (SSSR count). The number of thioether (sulfide) groups is 1. The zero-order valence-electron chi connectivity index (χ0n) is 9.77. The third kappa shape index (κ3) is 4.51. The summed E-state index contributed by atoms with van der Waals surface area (Å²) in [7, 11) is 0. The molecule has 17 heavy (non-hydrogen) atoms. The number of carbonyl (C=O) groups excluding carboxylic acids is 1. The van der Waals surface area contributed by atoms with Gasteiger partial charge in [0.15, 0.2) is 0 Å². The van der Waals surface area contributed by atoms with E-state index < -0.39 is 6.04 Å². The van der Waals surface area contributed by atoms with Crippen LogP contribution in [0.5, 0.6) is 0 Å². The Morgan fingerprint density at radius 3 is 3.06 bits per heavy atom. The second-order valence-electron chi connectivity index (χ2n) is 3.60. The van der Waals surface area contributed by atoms with Gasteiger partial charge in [-0.25, -0.2) is 0 Å². The molecule has 0 aromatic heterocycles. The van der Waals surface area contributed by atoms with Gasteiger partial charge in [-0.1, -0.05) is 12.0 Å². The molecule has 1 amide bonds. The number of hydrogen-bond acceptors (Lipinski definition) is 3. The summed E-state index contributed by atoms with van der Waals surface area (Å²) in [6.07, 6.45) is 7.94. The Bertz CT molecular complexity index is 426. The van der Waals surface area contributed by atoms with Crippen molar-refractivity contribution in [3.05, 3.63) is 29.8 Å². The van der Waals surface area contributed by atoms with Gasteiger partial charge < -0.3 is 11.1 Å². The molecule has 0 aliphatic rings. The van der Waals surface area contributed by atoms with Crippen molar-refractivity contribution in [2.45, 2.75) is 12.5 Å². The van der Waals surface area contributed by atoms with Crippen LogP contribution in [0.3, 0.4) is 0 Å². The monoisotopic (exact) mass is 248 g/mol. The molecule has 90 valence electrons. The number of anilines is 1. The van der Waals surface area contributed by atoms with E-state index in [1.807, 2.05) is 12.3 Å². The SMILES string of the molecule is C#Cc1cccc(NC(=O)[C@@H](N)CCSC)c1. The average Bonchev–Trinajstić information content (AvgIpc) is 2.36. The van der Waals surface area contributed by atoms with E-state index in [1.165, 1.54) is 0 Å². The lowest BCUT2D eigenvalue weighted by Crippen LogP contribution is -2.36. The van der Waals surface area contributed by atoms with Crippen LogP contribution in [0.4, 0.5) is 5.69 Å². The lowest BCUT2D eigenvalue weighted by Gasteiger charge is -2.11. The predicted molar refractivity (Wildman–Crippen MR) is 74.0 cm³/mol. The van der Waals surface area contributed by atoms with Crippen LogP contribution in [0.25, 0.3) is 0 Å². The minimum atomic E-state index is -0.475. The summed E-state index contributed by atoms with van der Waals surface area (Å²) >= 11 is 1.67. The zero-order chi connectivity index (χ0) is 12.7. The Labute approximate surface area is 106 Å². The summed E-state index contributed by atoms with van der Waals surface area (Å²) in [4.78, 5) is 11.7. The van der Waals surface area contributed by atoms with E-state index in [9.17, 15) is 4.79 Å². The molecule has 0 radical (unpaired) electrons. The fourth-order valence-corrected chi connectivity index (χ4v) is 1.79. The van der Waals surface area contributed by atoms with E-state index in [0.29, 0.717) is 12.1 Å². The molecule has 0 bridgehead atoms. The number of rotatable bonds is 5. The van der Waals surface area contributed by atoms with E-state index in [0.717, 1.165) is 11.3 Å². The van der Waals surface area contributed by atoms with Crippen LogP contribution in [-0.2, 0) is 4.79 Å². The van der Waals surface area contributed by atoms with Gasteiger partial charge in [0.05, 0.1) is 6.04 Å². The predicted octanol–water partition coefficient (Wildman–Crippen LogP) is 1.69. The van der Waals surface area contributed by atoms with Gasteiger partial charge in [-0.15, -0.1) is 6.42 Å². The fraction of sp³-hybridized carbons (Fsp3) is 0.308. The van der Waals surface area contributed by atoms with Crippen LogP contribution < -0.4 is 11.1 Å². The molecule has 0 fully saturated rings. The maximum atomic E-state index is 11.7. The van der Waals surface area contributed by atoms with Gasteiger partial charge in [-0.05, 0) is 36.6 Å². The topological polar surface area (TPSA) is 55.1 Å². The molecule has 0 heterocycles. The molecular formula is C13H16N2OS. The maximum absolute atomic E-state index is 11.7. The van der Waals surface area contributed by atoms with E-state index >= 15 is 0 Å². The molecule has 0 unspecified atom stereocenters. The van der Waals surface area contributed by atoms with Crippen LogP contribution in [-0.4, -0.2) is 24.0 Å². The molecule has 0 saturated carbocycles. The molecule has 1 aromatic rings. The third-order valence-electron chi connectivity index (χ3n) is 2.27. The molecule has 0 aliphatic heterocycles. The van der Waals surface area contributed by atoms with Gasteiger partial charge in [0, 0.05) is 11.3 Å². The standard InChI is InChI=1S/C13H16N2OS/c1-3-10-5-4-6-11(9-10)15-13(16)12(14)7-8-17-2/h1,4-6,9,12H,7-8,14H2,2H3,(H,15,16)/t12-/m0/s1. The number of terminal acetylenes is 1. The van der Waals surface area contributed by atoms with Crippen LogP contribution >= 0.6 is 11.8 Å². The molecule has 4 heteroatoms. The van der Waals surface area contributed by atoms with E-state index in [4.69, 9.17) is 12.2 Å². The summed E-state index contributed by atoms with van der Waals surface area (Å²) in [5.41, 5.74) is 7.18. The Kier molecular flexibility index (Phi) is 5.61. The highest BCUT2D eigenvalue weighted by molar-refractivity contribution is 7.98. The first-order valence-electron chi connectivity index (χ1n) is 5.29. The Morgan fingerprint density at radius 2 is 2.41 bits per heavy atom. The van der Waals surface area contributed by atoms with Crippen molar-refractivity contribution in [2.24, 2.45) is 5.73 Å². The van der Waals surface area contributed by atoms with Gasteiger partial charge in [0.25, 0.3) is 0 Å². The fourth-order valence-electron chi connectivity index (χ4n) is 1.30. The van der Waals surface area contributed by atoms with Crippen molar-refractivity contribution in [1.29, 1.82) is 0 Å².